The smallest absolute Gasteiger partial charge is 0.242 e. The molecule has 1 unspecified atom stereocenters. The summed E-state index contributed by atoms with van der Waals surface area (Å²) in [4.78, 5) is 14.2. The highest BCUT2D eigenvalue weighted by atomic mass is 35.5. The first-order valence-electron chi connectivity index (χ1n) is 9.73. The van der Waals surface area contributed by atoms with Crippen molar-refractivity contribution < 1.29 is 9.53 Å². The van der Waals surface area contributed by atoms with Crippen LogP contribution in [0.1, 0.15) is 10.8 Å². The van der Waals surface area contributed by atoms with Crippen LogP contribution in [0.25, 0.3) is 15.2 Å². The van der Waals surface area contributed by atoms with Crippen LogP contribution >= 0.6 is 34.7 Å². The lowest BCUT2D eigenvalue weighted by Gasteiger charge is -2.16. The van der Waals surface area contributed by atoms with E-state index in [-0.39, 0.29) is 5.91 Å². The Morgan fingerprint density at radius 1 is 1.09 bits per heavy atom. The summed E-state index contributed by atoms with van der Waals surface area (Å²) in [7, 11) is 1.55. The van der Waals surface area contributed by atoms with Crippen molar-refractivity contribution in [2.24, 2.45) is 0 Å². The Bertz CT molecular complexity index is 1420. The van der Waals surface area contributed by atoms with Gasteiger partial charge in [0, 0.05) is 5.69 Å². The normalized spacial score (nSPS) is 12.2. The molecule has 0 aliphatic rings. The van der Waals surface area contributed by atoms with E-state index in [4.69, 9.17) is 16.3 Å². The minimum absolute atomic E-state index is 0.182. The molecule has 0 radical (unpaired) electrons. The Balaban J connectivity index is 1.50. The van der Waals surface area contributed by atoms with Gasteiger partial charge >= 0.3 is 0 Å². The first-order chi connectivity index (χ1) is 15.6. The largest absolute Gasteiger partial charge is 0.495 e. The van der Waals surface area contributed by atoms with Gasteiger partial charge < -0.3 is 10.1 Å². The lowest BCUT2D eigenvalue weighted by molar-refractivity contribution is -0.115. The SMILES string of the molecule is COc1ccc(NC(=O)C(Sc2nnc3sc4ccccc4n23)c2ccccc2)cc1Cl. The van der Waals surface area contributed by atoms with E-state index in [1.54, 1.807) is 36.6 Å². The monoisotopic (exact) mass is 480 g/mol. The number of nitrogens with zero attached hydrogens (tertiary/aromatic N) is 3. The van der Waals surface area contributed by atoms with Gasteiger partial charge in [-0.1, -0.05) is 77.2 Å². The number of thiazole rings is 1. The van der Waals surface area contributed by atoms with Gasteiger partial charge in [0.25, 0.3) is 0 Å². The molecule has 5 rings (SSSR count). The van der Waals surface area contributed by atoms with Crippen molar-refractivity contribution in [2.45, 2.75) is 10.4 Å². The van der Waals surface area contributed by atoms with Crippen molar-refractivity contribution >= 4 is 61.5 Å². The minimum atomic E-state index is -0.539. The summed E-state index contributed by atoms with van der Waals surface area (Å²) >= 11 is 9.16. The molecule has 0 saturated heterocycles. The van der Waals surface area contributed by atoms with Gasteiger partial charge in [-0.15, -0.1) is 10.2 Å². The van der Waals surface area contributed by atoms with Crippen molar-refractivity contribution in [1.29, 1.82) is 0 Å². The quantitative estimate of drug-likeness (QED) is 0.298. The number of rotatable bonds is 6. The van der Waals surface area contributed by atoms with Crippen molar-refractivity contribution in [3.63, 3.8) is 0 Å². The van der Waals surface area contributed by atoms with E-state index in [1.165, 1.54) is 11.8 Å². The van der Waals surface area contributed by atoms with E-state index in [0.29, 0.717) is 21.6 Å². The maximum absolute atomic E-state index is 13.4. The number of nitrogens with one attached hydrogen (secondary N) is 1. The second-order valence-electron chi connectivity index (χ2n) is 6.92. The van der Waals surface area contributed by atoms with E-state index in [2.05, 4.69) is 21.6 Å². The molecule has 0 aliphatic heterocycles. The molecule has 1 atom stereocenters. The molecule has 0 fully saturated rings. The van der Waals surface area contributed by atoms with Gasteiger partial charge in [-0.3, -0.25) is 9.20 Å². The number of methoxy groups -OCH3 is 1. The van der Waals surface area contributed by atoms with Gasteiger partial charge in [-0.05, 0) is 35.9 Å². The molecule has 0 aliphatic carbocycles. The Kier molecular flexibility index (Phi) is 5.73. The Hall–Kier alpha value is -3.07. The van der Waals surface area contributed by atoms with Gasteiger partial charge in [-0.25, -0.2) is 0 Å². The number of hydrogen-bond donors (Lipinski definition) is 1. The standard InChI is InChI=1S/C23H17ClN4O2S2/c1-30-18-12-11-15(13-16(18)24)25-21(29)20(14-7-3-2-4-8-14)32-23-27-26-22-28(23)17-9-5-6-10-19(17)31-22/h2-13,20H,1H3,(H,25,29). The van der Waals surface area contributed by atoms with Crippen LogP contribution in [0.2, 0.25) is 5.02 Å². The summed E-state index contributed by atoms with van der Waals surface area (Å²) in [5.74, 6) is 0.368. The van der Waals surface area contributed by atoms with Gasteiger partial charge in [0.05, 0.1) is 22.3 Å². The van der Waals surface area contributed by atoms with E-state index in [9.17, 15) is 4.79 Å². The molecule has 2 heterocycles. The number of carbonyl (C=O) groups excluding carboxylic acids is 1. The summed E-state index contributed by atoms with van der Waals surface area (Å²) in [5.41, 5.74) is 2.48. The summed E-state index contributed by atoms with van der Waals surface area (Å²) in [6.07, 6.45) is 0. The van der Waals surface area contributed by atoms with E-state index < -0.39 is 5.25 Å². The lowest BCUT2D eigenvalue weighted by atomic mass is 10.1. The average molecular weight is 481 g/mol. The fourth-order valence-electron chi connectivity index (χ4n) is 3.39. The summed E-state index contributed by atoms with van der Waals surface area (Å²) in [6.45, 7) is 0. The molecule has 6 nitrogen and oxygen atoms in total. The molecule has 1 N–H and O–H groups in total. The third-order valence-corrected chi connectivity index (χ3v) is 7.40. The van der Waals surface area contributed by atoms with Gasteiger partial charge in [0.2, 0.25) is 10.9 Å². The topological polar surface area (TPSA) is 68.5 Å². The molecule has 0 spiro atoms. The predicted octanol–water partition coefficient (Wildman–Crippen LogP) is 6.08. The number of aromatic nitrogens is 3. The molecule has 0 saturated carbocycles. The number of benzene rings is 3. The number of carbonyl (C=O) groups is 1. The number of fused-ring (bicyclic) bond motifs is 3. The van der Waals surface area contributed by atoms with Crippen LogP contribution in [-0.4, -0.2) is 27.6 Å². The number of thioether (sulfide) groups is 1. The average Bonchev–Trinajstić information content (AvgIpc) is 3.37. The first kappa shape index (κ1) is 20.8. The van der Waals surface area contributed by atoms with Gasteiger partial charge in [-0.2, -0.15) is 0 Å². The van der Waals surface area contributed by atoms with E-state index in [0.717, 1.165) is 20.7 Å². The van der Waals surface area contributed by atoms with E-state index >= 15 is 0 Å². The predicted molar refractivity (Wildman–Crippen MR) is 130 cm³/mol. The zero-order valence-corrected chi connectivity index (χ0v) is 19.2. The molecular formula is C23H17ClN4O2S2. The number of para-hydroxylation sites is 1. The Morgan fingerprint density at radius 3 is 2.66 bits per heavy atom. The summed E-state index contributed by atoms with van der Waals surface area (Å²) < 4.78 is 8.31. The van der Waals surface area contributed by atoms with E-state index in [1.807, 2.05) is 52.9 Å². The first-order valence-corrected chi connectivity index (χ1v) is 11.8. The highest BCUT2D eigenvalue weighted by Crippen LogP contribution is 2.38. The molecule has 1 amide bonds. The minimum Gasteiger partial charge on any atom is -0.495 e. The van der Waals surface area contributed by atoms with Crippen LogP contribution < -0.4 is 10.1 Å². The molecule has 9 heteroatoms. The molecule has 160 valence electrons. The Labute approximate surface area is 197 Å². The van der Waals surface area contributed by atoms with Crippen LogP contribution in [0.15, 0.2) is 78.0 Å². The van der Waals surface area contributed by atoms with Crippen LogP contribution in [-0.2, 0) is 4.79 Å². The maximum atomic E-state index is 13.4. The second kappa shape index (κ2) is 8.82. The molecular weight excluding hydrogens is 464 g/mol. The molecule has 3 aromatic carbocycles. The maximum Gasteiger partial charge on any atom is 0.242 e. The number of halogens is 1. The number of ether oxygens (including phenoxy) is 1. The highest BCUT2D eigenvalue weighted by molar-refractivity contribution is 8.00. The molecule has 2 aromatic heterocycles. The Morgan fingerprint density at radius 2 is 1.88 bits per heavy atom. The van der Waals surface area contributed by atoms with Crippen LogP contribution in [0.5, 0.6) is 5.75 Å². The summed E-state index contributed by atoms with van der Waals surface area (Å²) in [5, 5.41) is 12.2. The van der Waals surface area contributed by atoms with Gasteiger partial charge in [0.15, 0.2) is 5.16 Å². The number of anilines is 1. The molecule has 32 heavy (non-hydrogen) atoms. The number of amides is 1. The van der Waals surface area contributed by atoms with Crippen LogP contribution in [0, 0.1) is 0 Å². The third-order valence-electron chi connectivity index (χ3n) is 4.89. The summed E-state index contributed by atoms with van der Waals surface area (Å²) in [6, 6.07) is 22.8. The highest BCUT2D eigenvalue weighted by Gasteiger charge is 2.26. The second-order valence-corrected chi connectivity index (χ2v) is 9.41. The van der Waals surface area contributed by atoms with Crippen molar-refractivity contribution in [3.05, 3.63) is 83.4 Å². The molecule has 5 aromatic rings. The van der Waals surface area contributed by atoms with Crippen molar-refractivity contribution in [3.8, 4) is 5.75 Å². The van der Waals surface area contributed by atoms with Crippen molar-refractivity contribution in [1.82, 2.24) is 14.6 Å². The van der Waals surface area contributed by atoms with Gasteiger partial charge in [0.1, 0.15) is 11.0 Å². The third kappa shape index (κ3) is 3.92. The fraction of sp³-hybridized carbons (Fsp3) is 0.0870. The zero-order chi connectivity index (χ0) is 22.1. The van der Waals surface area contributed by atoms with Crippen molar-refractivity contribution in [2.75, 3.05) is 12.4 Å². The fourth-order valence-corrected chi connectivity index (χ4v) is 5.72. The molecule has 0 bridgehead atoms. The lowest BCUT2D eigenvalue weighted by Crippen LogP contribution is -2.19. The number of hydrogen-bond acceptors (Lipinski definition) is 6. The zero-order valence-electron chi connectivity index (χ0n) is 16.9. The van der Waals surface area contributed by atoms with Crippen LogP contribution in [0.4, 0.5) is 5.69 Å². The van der Waals surface area contributed by atoms with Crippen LogP contribution in [0.3, 0.4) is 0 Å².